The number of fused-ring (bicyclic) bond motifs is 11. The van der Waals surface area contributed by atoms with Crippen LogP contribution in [0, 0.1) is 22.7 Å². The highest BCUT2D eigenvalue weighted by atomic mass is 16.3. The van der Waals surface area contributed by atoms with Gasteiger partial charge in [-0.1, -0.05) is 54.6 Å². The Hall–Kier alpha value is -8.85. The van der Waals surface area contributed by atoms with E-state index in [-0.39, 0.29) is 0 Å². The molecule has 12 rings (SSSR count). The summed E-state index contributed by atoms with van der Waals surface area (Å²) in [6, 6.07) is 63.4. The summed E-state index contributed by atoms with van der Waals surface area (Å²) in [7, 11) is 0. The van der Waals surface area contributed by atoms with Crippen LogP contribution >= 0.6 is 0 Å². The van der Waals surface area contributed by atoms with Crippen LogP contribution in [-0.2, 0) is 0 Å². The molecule has 0 aliphatic carbocycles. The lowest BCUT2D eigenvalue weighted by molar-refractivity contribution is 0.677. The van der Waals surface area contributed by atoms with Gasteiger partial charge in [-0.3, -0.25) is 0 Å². The van der Waals surface area contributed by atoms with Gasteiger partial charge in [0, 0.05) is 49.6 Å². The van der Waals surface area contributed by atoms with E-state index < -0.39 is 0 Å². The van der Waals surface area contributed by atoms with E-state index in [0.29, 0.717) is 28.6 Å². The second-order valence-corrected chi connectivity index (χ2v) is 15.0. The molecular weight excluding hydrogens is 751 g/mol. The molecule has 8 nitrogen and oxygen atoms in total. The third kappa shape index (κ3) is 5.27. The maximum absolute atomic E-state index is 9.39. The molecule has 0 saturated heterocycles. The average Bonchev–Trinajstić information content (AvgIpc) is 3.99. The molecule has 0 amide bonds. The number of benzene rings is 8. The molecular formula is C53H29N7O. The predicted octanol–water partition coefficient (Wildman–Crippen LogP) is 12.7. The molecule has 0 atom stereocenters. The standard InChI is InChI=1S/C53H29N7O/c54-30-32-14-18-34(19-15-32)51-56-52(35-20-16-33(31-55)17-21-35)58-53(57-51)36-22-24-38(25-23-36)60-44-13-7-5-11-42(44)48-46(60)29-27-40-39-26-28-45-47(49(39)61-50(40)48)41-10-4-6-12-43(41)59(45)37-8-2-1-3-9-37/h1-29H. The van der Waals surface area contributed by atoms with Crippen LogP contribution in [0.4, 0.5) is 0 Å². The number of hydrogen-bond acceptors (Lipinski definition) is 6. The molecule has 12 aromatic rings. The highest BCUT2D eigenvalue weighted by molar-refractivity contribution is 6.29. The minimum absolute atomic E-state index is 0.483. The largest absolute Gasteiger partial charge is 0.455 e. The average molecular weight is 780 g/mol. The zero-order valence-corrected chi connectivity index (χ0v) is 32.3. The van der Waals surface area contributed by atoms with Crippen LogP contribution in [0.3, 0.4) is 0 Å². The number of aromatic nitrogens is 5. The molecule has 0 spiro atoms. The number of hydrogen-bond donors (Lipinski definition) is 0. The van der Waals surface area contributed by atoms with Crippen molar-refractivity contribution in [2.75, 3.05) is 0 Å². The molecule has 0 bridgehead atoms. The second kappa shape index (κ2) is 13.4. The molecule has 4 aromatic heterocycles. The van der Waals surface area contributed by atoms with Gasteiger partial charge in [-0.25, -0.2) is 15.0 Å². The van der Waals surface area contributed by atoms with Crippen molar-refractivity contribution in [2.24, 2.45) is 0 Å². The van der Waals surface area contributed by atoms with Crippen molar-refractivity contribution in [3.63, 3.8) is 0 Å². The van der Waals surface area contributed by atoms with Crippen LogP contribution in [-0.4, -0.2) is 24.1 Å². The van der Waals surface area contributed by atoms with Crippen LogP contribution in [0.1, 0.15) is 11.1 Å². The Morgan fingerprint density at radius 2 is 0.754 bits per heavy atom. The summed E-state index contributed by atoms with van der Waals surface area (Å²) in [5.74, 6) is 1.47. The summed E-state index contributed by atoms with van der Waals surface area (Å²) in [6.45, 7) is 0. The summed E-state index contributed by atoms with van der Waals surface area (Å²) in [5, 5.41) is 25.4. The minimum atomic E-state index is 0.483. The van der Waals surface area contributed by atoms with Gasteiger partial charge in [0.25, 0.3) is 0 Å². The number of rotatable bonds is 5. The zero-order valence-electron chi connectivity index (χ0n) is 32.3. The smallest absolute Gasteiger partial charge is 0.164 e. The SMILES string of the molecule is N#Cc1ccc(-c2nc(-c3ccc(C#N)cc3)nc(-c3ccc(-n4c5ccccc5c5c6oc7c(ccc8c7c7ccccc7n8-c7ccccc7)c6ccc54)cc3)n2)cc1. The molecule has 0 N–H and O–H groups in total. The highest BCUT2D eigenvalue weighted by Gasteiger charge is 2.23. The van der Waals surface area contributed by atoms with E-state index in [1.54, 1.807) is 24.3 Å². The van der Waals surface area contributed by atoms with Gasteiger partial charge in [0.05, 0.1) is 56.1 Å². The Bertz CT molecular complexity index is 3730. The molecule has 0 radical (unpaired) electrons. The van der Waals surface area contributed by atoms with Crippen molar-refractivity contribution in [1.82, 2.24) is 24.1 Å². The molecule has 0 fully saturated rings. The fraction of sp³-hybridized carbons (Fsp3) is 0. The fourth-order valence-corrected chi connectivity index (χ4v) is 8.84. The normalized spacial score (nSPS) is 11.6. The Balaban J connectivity index is 1.02. The van der Waals surface area contributed by atoms with Crippen LogP contribution in [0.2, 0.25) is 0 Å². The van der Waals surface area contributed by atoms with E-state index in [0.717, 1.165) is 93.6 Å². The lowest BCUT2D eigenvalue weighted by Crippen LogP contribution is -2.00. The van der Waals surface area contributed by atoms with Crippen molar-refractivity contribution in [2.45, 2.75) is 0 Å². The summed E-state index contributed by atoms with van der Waals surface area (Å²) in [4.78, 5) is 14.7. The lowest BCUT2D eigenvalue weighted by atomic mass is 10.1. The third-order valence-corrected chi connectivity index (χ3v) is 11.7. The topological polar surface area (TPSA) is 109 Å². The predicted molar refractivity (Wildman–Crippen MR) is 242 cm³/mol. The first kappa shape index (κ1) is 34.2. The Morgan fingerprint density at radius 1 is 0.361 bits per heavy atom. The van der Waals surface area contributed by atoms with Gasteiger partial charge >= 0.3 is 0 Å². The molecule has 4 heterocycles. The van der Waals surface area contributed by atoms with E-state index in [4.69, 9.17) is 19.4 Å². The molecule has 0 unspecified atom stereocenters. The molecule has 0 aliphatic rings. The summed E-state index contributed by atoms with van der Waals surface area (Å²) < 4.78 is 11.7. The van der Waals surface area contributed by atoms with E-state index >= 15 is 0 Å². The number of nitrogens with zero attached hydrogens (tertiary/aromatic N) is 7. The van der Waals surface area contributed by atoms with Gasteiger partial charge in [-0.05, 0) is 121 Å². The first-order valence-electron chi connectivity index (χ1n) is 19.9. The summed E-state index contributed by atoms with van der Waals surface area (Å²) in [5.41, 5.74) is 11.6. The maximum atomic E-state index is 9.39. The Kier molecular flexibility index (Phi) is 7.49. The number of furan rings is 1. The van der Waals surface area contributed by atoms with Crippen LogP contribution in [0.25, 0.3) is 111 Å². The van der Waals surface area contributed by atoms with Crippen molar-refractivity contribution in [1.29, 1.82) is 10.5 Å². The highest BCUT2D eigenvalue weighted by Crippen LogP contribution is 2.44. The minimum Gasteiger partial charge on any atom is -0.455 e. The van der Waals surface area contributed by atoms with Gasteiger partial charge in [-0.2, -0.15) is 10.5 Å². The lowest BCUT2D eigenvalue weighted by Gasteiger charge is -2.11. The first-order chi connectivity index (χ1) is 30.1. The fourth-order valence-electron chi connectivity index (χ4n) is 8.84. The molecule has 8 aromatic carbocycles. The molecule has 282 valence electrons. The maximum Gasteiger partial charge on any atom is 0.164 e. The van der Waals surface area contributed by atoms with Gasteiger partial charge < -0.3 is 13.6 Å². The molecule has 0 saturated carbocycles. The Labute approximate surface area is 348 Å². The van der Waals surface area contributed by atoms with Crippen molar-refractivity contribution < 1.29 is 4.42 Å². The van der Waals surface area contributed by atoms with Gasteiger partial charge in [0.15, 0.2) is 17.5 Å². The number of nitriles is 2. The van der Waals surface area contributed by atoms with E-state index in [1.807, 2.05) is 42.5 Å². The van der Waals surface area contributed by atoms with Crippen molar-refractivity contribution in [3.8, 4) is 57.7 Å². The quantitative estimate of drug-likeness (QED) is 0.172. The second-order valence-electron chi connectivity index (χ2n) is 15.0. The molecule has 61 heavy (non-hydrogen) atoms. The van der Waals surface area contributed by atoms with Crippen LogP contribution < -0.4 is 0 Å². The van der Waals surface area contributed by atoms with E-state index in [9.17, 15) is 10.5 Å². The first-order valence-corrected chi connectivity index (χ1v) is 19.9. The molecule has 8 heteroatoms. The van der Waals surface area contributed by atoms with E-state index in [2.05, 4.69) is 130 Å². The molecule has 0 aliphatic heterocycles. The van der Waals surface area contributed by atoms with Gasteiger partial charge in [-0.15, -0.1) is 0 Å². The van der Waals surface area contributed by atoms with Gasteiger partial charge in [0.2, 0.25) is 0 Å². The van der Waals surface area contributed by atoms with Crippen molar-refractivity contribution >= 4 is 65.6 Å². The third-order valence-electron chi connectivity index (χ3n) is 11.7. The van der Waals surface area contributed by atoms with Crippen molar-refractivity contribution in [3.05, 3.63) is 187 Å². The monoisotopic (exact) mass is 779 g/mol. The Morgan fingerprint density at radius 3 is 1.20 bits per heavy atom. The summed E-state index contributed by atoms with van der Waals surface area (Å²) in [6.07, 6.45) is 0. The summed E-state index contributed by atoms with van der Waals surface area (Å²) >= 11 is 0. The zero-order chi connectivity index (χ0) is 40.6. The number of para-hydroxylation sites is 3. The van der Waals surface area contributed by atoms with Crippen LogP contribution in [0.5, 0.6) is 0 Å². The van der Waals surface area contributed by atoms with Crippen LogP contribution in [0.15, 0.2) is 180 Å². The van der Waals surface area contributed by atoms with E-state index in [1.165, 1.54) is 0 Å². The van der Waals surface area contributed by atoms with Gasteiger partial charge in [0.1, 0.15) is 11.2 Å².